The Balaban J connectivity index is 2.08. The number of rotatable bonds is 5. The lowest BCUT2D eigenvalue weighted by molar-refractivity contribution is -0.148. The van der Waals surface area contributed by atoms with Gasteiger partial charge in [-0.05, 0) is 24.8 Å². The summed E-state index contributed by atoms with van der Waals surface area (Å²) in [7, 11) is 0. The summed E-state index contributed by atoms with van der Waals surface area (Å²) in [5.74, 6) is 0.494. The van der Waals surface area contributed by atoms with Gasteiger partial charge in [0.1, 0.15) is 12.1 Å². The van der Waals surface area contributed by atoms with E-state index in [0.717, 1.165) is 12.0 Å². The molecule has 21 heavy (non-hydrogen) atoms. The second kappa shape index (κ2) is 6.74. The SMILES string of the molecule is CC(C)CCN1C(=O)C(Cc2ccccc2)NC(=O)C1C. The van der Waals surface area contributed by atoms with E-state index in [1.807, 2.05) is 30.3 Å². The summed E-state index contributed by atoms with van der Waals surface area (Å²) in [6, 6.07) is 8.99. The van der Waals surface area contributed by atoms with Crippen LogP contribution < -0.4 is 5.32 Å². The van der Waals surface area contributed by atoms with Crippen molar-refractivity contribution in [2.45, 2.75) is 45.7 Å². The Bertz CT molecular complexity index is 499. The van der Waals surface area contributed by atoms with Gasteiger partial charge in [-0.15, -0.1) is 0 Å². The van der Waals surface area contributed by atoms with Crippen molar-refractivity contribution in [2.75, 3.05) is 6.54 Å². The minimum Gasteiger partial charge on any atom is -0.342 e. The van der Waals surface area contributed by atoms with E-state index in [4.69, 9.17) is 0 Å². The molecule has 1 fully saturated rings. The fraction of sp³-hybridized carbons (Fsp3) is 0.529. The minimum absolute atomic E-state index is 0.0339. The average Bonchev–Trinajstić information content (AvgIpc) is 2.45. The van der Waals surface area contributed by atoms with Gasteiger partial charge in [-0.3, -0.25) is 9.59 Å². The summed E-state index contributed by atoms with van der Waals surface area (Å²) in [4.78, 5) is 26.4. The topological polar surface area (TPSA) is 49.4 Å². The number of hydrogen-bond acceptors (Lipinski definition) is 2. The van der Waals surface area contributed by atoms with Crippen LogP contribution in [0.2, 0.25) is 0 Å². The first-order valence-corrected chi connectivity index (χ1v) is 7.64. The van der Waals surface area contributed by atoms with Crippen LogP contribution in [0.5, 0.6) is 0 Å². The predicted octanol–water partition coefficient (Wildman–Crippen LogP) is 1.99. The third-order valence-corrected chi connectivity index (χ3v) is 3.97. The van der Waals surface area contributed by atoms with Gasteiger partial charge in [0.15, 0.2) is 0 Å². The third kappa shape index (κ3) is 3.84. The van der Waals surface area contributed by atoms with E-state index >= 15 is 0 Å². The van der Waals surface area contributed by atoms with Gasteiger partial charge in [-0.25, -0.2) is 0 Å². The van der Waals surface area contributed by atoms with Crippen molar-refractivity contribution >= 4 is 11.8 Å². The van der Waals surface area contributed by atoms with E-state index < -0.39 is 6.04 Å². The first kappa shape index (κ1) is 15.5. The molecule has 2 rings (SSSR count). The largest absolute Gasteiger partial charge is 0.342 e. The summed E-state index contributed by atoms with van der Waals surface area (Å²) < 4.78 is 0. The van der Waals surface area contributed by atoms with Crippen LogP contribution in [0, 0.1) is 5.92 Å². The Kier molecular flexibility index (Phi) is 4.99. The number of nitrogens with zero attached hydrogens (tertiary/aromatic N) is 1. The van der Waals surface area contributed by atoms with Gasteiger partial charge in [0.25, 0.3) is 0 Å². The first-order chi connectivity index (χ1) is 9.99. The maximum absolute atomic E-state index is 12.6. The molecule has 1 heterocycles. The van der Waals surface area contributed by atoms with Crippen LogP contribution >= 0.6 is 0 Å². The van der Waals surface area contributed by atoms with Gasteiger partial charge >= 0.3 is 0 Å². The maximum atomic E-state index is 12.6. The normalized spacial score (nSPS) is 22.6. The van der Waals surface area contributed by atoms with Crippen LogP contribution in [0.1, 0.15) is 32.8 Å². The van der Waals surface area contributed by atoms with Crippen LogP contribution in [-0.4, -0.2) is 35.3 Å². The van der Waals surface area contributed by atoms with E-state index in [1.165, 1.54) is 0 Å². The van der Waals surface area contributed by atoms with Crippen LogP contribution in [0.15, 0.2) is 30.3 Å². The molecular weight excluding hydrogens is 264 g/mol. The molecule has 1 aromatic rings. The molecule has 0 radical (unpaired) electrons. The van der Waals surface area contributed by atoms with Crippen molar-refractivity contribution in [1.29, 1.82) is 0 Å². The molecule has 4 heteroatoms. The molecule has 2 amide bonds. The van der Waals surface area contributed by atoms with E-state index in [9.17, 15) is 9.59 Å². The number of benzene rings is 1. The van der Waals surface area contributed by atoms with Gasteiger partial charge in [0.05, 0.1) is 0 Å². The maximum Gasteiger partial charge on any atom is 0.246 e. The zero-order valence-corrected chi connectivity index (χ0v) is 13.0. The number of carbonyl (C=O) groups is 2. The smallest absolute Gasteiger partial charge is 0.246 e. The standard InChI is InChI=1S/C17H24N2O2/c1-12(2)9-10-19-13(3)16(20)18-15(17(19)21)11-14-7-5-4-6-8-14/h4-8,12-13,15H,9-11H2,1-3H3,(H,18,20). The van der Waals surface area contributed by atoms with Crippen molar-refractivity contribution in [3.05, 3.63) is 35.9 Å². The number of amides is 2. The van der Waals surface area contributed by atoms with Gasteiger partial charge in [0.2, 0.25) is 11.8 Å². The average molecular weight is 288 g/mol. The third-order valence-electron chi connectivity index (χ3n) is 3.97. The summed E-state index contributed by atoms with van der Waals surface area (Å²) in [5, 5.41) is 2.85. The first-order valence-electron chi connectivity index (χ1n) is 7.64. The van der Waals surface area contributed by atoms with Crippen LogP contribution in [-0.2, 0) is 16.0 Å². The van der Waals surface area contributed by atoms with Gasteiger partial charge in [0, 0.05) is 13.0 Å². The van der Waals surface area contributed by atoms with E-state index in [-0.39, 0.29) is 17.9 Å². The predicted molar refractivity (Wildman–Crippen MR) is 82.7 cm³/mol. The van der Waals surface area contributed by atoms with Crippen molar-refractivity contribution in [3.63, 3.8) is 0 Å². The Morgan fingerprint density at radius 3 is 2.48 bits per heavy atom. The van der Waals surface area contributed by atoms with Crippen LogP contribution in [0.3, 0.4) is 0 Å². The van der Waals surface area contributed by atoms with E-state index in [1.54, 1.807) is 11.8 Å². The Morgan fingerprint density at radius 2 is 1.86 bits per heavy atom. The monoisotopic (exact) mass is 288 g/mol. The Hall–Kier alpha value is -1.84. The molecule has 0 bridgehead atoms. The molecule has 4 nitrogen and oxygen atoms in total. The zero-order chi connectivity index (χ0) is 15.4. The lowest BCUT2D eigenvalue weighted by Crippen LogP contribution is -2.63. The lowest BCUT2D eigenvalue weighted by Gasteiger charge is -2.37. The summed E-state index contributed by atoms with van der Waals surface area (Å²) in [6.07, 6.45) is 1.47. The van der Waals surface area contributed by atoms with Crippen molar-refractivity contribution in [1.82, 2.24) is 10.2 Å². The van der Waals surface area contributed by atoms with Gasteiger partial charge < -0.3 is 10.2 Å². The molecule has 1 saturated heterocycles. The molecular formula is C17H24N2O2. The highest BCUT2D eigenvalue weighted by atomic mass is 16.2. The number of carbonyl (C=O) groups excluding carboxylic acids is 2. The highest BCUT2D eigenvalue weighted by molar-refractivity contribution is 5.96. The molecule has 0 saturated carbocycles. The summed E-state index contributed by atoms with van der Waals surface area (Å²) >= 11 is 0. The molecule has 1 aromatic carbocycles. The number of piperazine rings is 1. The van der Waals surface area contributed by atoms with Crippen LogP contribution in [0.25, 0.3) is 0 Å². The van der Waals surface area contributed by atoms with Crippen LogP contribution in [0.4, 0.5) is 0 Å². The van der Waals surface area contributed by atoms with E-state index in [0.29, 0.717) is 18.9 Å². The fourth-order valence-corrected chi connectivity index (χ4v) is 2.58. The van der Waals surface area contributed by atoms with E-state index in [2.05, 4.69) is 19.2 Å². The number of nitrogens with one attached hydrogen (secondary N) is 1. The highest BCUT2D eigenvalue weighted by Gasteiger charge is 2.37. The molecule has 0 spiro atoms. The lowest BCUT2D eigenvalue weighted by atomic mass is 10.00. The molecule has 2 unspecified atom stereocenters. The minimum atomic E-state index is -0.441. The second-order valence-corrected chi connectivity index (χ2v) is 6.14. The Morgan fingerprint density at radius 1 is 1.19 bits per heavy atom. The summed E-state index contributed by atoms with van der Waals surface area (Å²) in [6.45, 7) is 6.70. The summed E-state index contributed by atoms with van der Waals surface area (Å²) in [5.41, 5.74) is 1.06. The van der Waals surface area contributed by atoms with Gasteiger partial charge in [-0.2, -0.15) is 0 Å². The zero-order valence-electron chi connectivity index (χ0n) is 13.0. The molecule has 1 aliphatic rings. The highest BCUT2D eigenvalue weighted by Crippen LogP contribution is 2.15. The molecule has 1 aliphatic heterocycles. The van der Waals surface area contributed by atoms with Crippen molar-refractivity contribution in [2.24, 2.45) is 5.92 Å². The Labute approximate surface area is 126 Å². The fourth-order valence-electron chi connectivity index (χ4n) is 2.58. The molecule has 0 aromatic heterocycles. The number of hydrogen-bond donors (Lipinski definition) is 1. The van der Waals surface area contributed by atoms with Crippen molar-refractivity contribution < 1.29 is 9.59 Å². The molecule has 1 N–H and O–H groups in total. The van der Waals surface area contributed by atoms with Crippen molar-refractivity contribution in [3.8, 4) is 0 Å². The van der Waals surface area contributed by atoms with Gasteiger partial charge in [-0.1, -0.05) is 44.2 Å². The molecule has 2 atom stereocenters. The quantitative estimate of drug-likeness (QED) is 0.901. The molecule has 114 valence electrons. The molecule has 0 aliphatic carbocycles. The second-order valence-electron chi connectivity index (χ2n) is 6.14.